The Bertz CT molecular complexity index is 458. The average molecular weight is 291 g/mol. The molecule has 2 atom stereocenters. The van der Waals surface area contributed by atoms with Crippen molar-refractivity contribution in [2.45, 2.75) is 51.0 Å². The third-order valence-electron chi connectivity index (χ3n) is 4.04. The quantitative estimate of drug-likeness (QED) is 0.928. The highest BCUT2D eigenvalue weighted by Crippen LogP contribution is 2.33. The van der Waals surface area contributed by atoms with E-state index in [0.717, 1.165) is 23.9 Å². The number of likely N-dealkylation sites (tertiary alicyclic amines) is 1. The van der Waals surface area contributed by atoms with E-state index in [1.165, 1.54) is 13.2 Å². The minimum Gasteiger partial charge on any atom is -0.395 e. The number of alkyl halides is 3. The summed E-state index contributed by atoms with van der Waals surface area (Å²) in [6.45, 7) is 2.15. The van der Waals surface area contributed by atoms with Gasteiger partial charge in [-0.2, -0.15) is 18.3 Å². The van der Waals surface area contributed by atoms with E-state index in [9.17, 15) is 18.3 Å². The molecule has 0 saturated carbocycles. The molecule has 4 nitrogen and oxygen atoms in total. The maximum absolute atomic E-state index is 13.0. The van der Waals surface area contributed by atoms with Crippen LogP contribution in [0.1, 0.15) is 37.4 Å². The first kappa shape index (κ1) is 15.3. The summed E-state index contributed by atoms with van der Waals surface area (Å²) >= 11 is 0. The van der Waals surface area contributed by atoms with Crippen molar-refractivity contribution in [3.05, 3.63) is 17.5 Å². The maximum atomic E-state index is 13.0. The lowest BCUT2D eigenvalue weighted by molar-refractivity contribution is -0.144. The van der Waals surface area contributed by atoms with Crippen molar-refractivity contribution in [2.75, 3.05) is 6.61 Å². The molecular formula is C13H20F3N3O. The maximum Gasteiger partial charge on any atom is 0.433 e. The van der Waals surface area contributed by atoms with Crippen molar-refractivity contribution in [1.82, 2.24) is 14.7 Å². The summed E-state index contributed by atoms with van der Waals surface area (Å²) in [5.41, 5.74) is -0.529. The predicted molar refractivity (Wildman–Crippen MR) is 67.9 cm³/mol. The second-order valence-corrected chi connectivity index (χ2v) is 5.43. The zero-order valence-corrected chi connectivity index (χ0v) is 11.7. The van der Waals surface area contributed by atoms with Crippen LogP contribution >= 0.6 is 0 Å². The molecule has 1 aliphatic rings. The van der Waals surface area contributed by atoms with E-state index in [2.05, 4.69) is 5.10 Å². The second kappa shape index (κ2) is 5.73. The van der Waals surface area contributed by atoms with E-state index in [0.29, 0.717) is 0 Å². The standard InChI is InChI=1S/C13H20F3N3O/c1-9-4-3-5-11(8-20)19(9)7-10-6-17-18(2)12(10)13(14,15)16/h6,9,11,20H,3-5,7-8H2,1-2H3. The van der Waals surface area contributed by atoms with Gasteiger partial charge in [0.15, 0.2) is 0 Å². The van der Waals surface area contributed by atoms with Crippen LogP contribution in [-0.2, 0) is 19.8 Å². The summed E-state index contributed by atoms with van der Waals surface area (Å²) in [6, 6.07) is 0.0993. The first-order valence-corrected chi connectivity index (χ1v) is 6.79. The van der Waals surface area contributed by atoms with Crippen LogP contribution in [0.25, 0.3) is 0 Å². The molecule has 0 spiro atoms. The number of aliphatic hydroxyl groups is 1. The molecule has 20 heavy (non-hydrogen) atoms. The molecule has 114 valence electrons. The van der Waals surface area contributed by atoms with Gasteiger partial charge in [0.05, 0.1) is 12.8 Å². The summed E-state index contributed by atoms with van der Waals surface area (Å²) < 4.78 is 40.0. The first-order valence-electron chi connectivity index (χ1n) is 6.79. The topological polar surface area (TPSA) is 41.3 Å². The number of aromatic nitrogens is 2. The largest absolute Gasteiger partial charge is 0.433 e. The van der Waals surface area contributed by atoms with Gasteiger partial charge in [0, 0.05) is 31.2 Å². The van der Waals surface area contributed by atoms with Gasteiger partial charge in [0.2, 0.25) is 0 Å². The molecular weight excluding hydrogens is 271 g/mol. The zero-order chi connectivity index (χ0) is 14.9. The average Bonchev–Trinajstić information content (AvgIpc) is 2.72. The Morgan fingerprint density at radius 3 is 2.70 bits per heavy atom. The van der Waals surface area contributed by atoms with Crippen LogP contribution < -0.4 is 0 Å². The zero-order valence-electron chi connectivity index (χ0n) is 11.7. The minimum absolute atomic E-state index is 0.0219. The van der Waals surface area contributed by atoms with Crippen LogP contribution in [0.5, 0.6) is 0 Å². The number of nitrogens with zero attached hydrogens (tertiary/aromatic N) is 3. The first-order chi connectivity index (χ1) is 9.34. The van der Waals surface area contributed by atoms with E-state index >= 15 is 0 Å². The molecule has 2 heterocycles. The van der Waals surface area contributed by atoms with E-state index < -0.39 is 11.9 Å². The van der Waals surface area contributed by atoms with Crippen LogP contribution in [0.15, 0.2) is 6.20 Å². The third kappa shape index (κ3) is 2.98. The number of hydrogen-bond acceptors (Lipinski definition) is 3. The Labute approximate surface area is 116 Å². The van der Waals surface area contributed by atoms with Gasteiger partial charge >= 0.3 is 6.18 Å². The molecule has 0 aliphatic carbocycles. The van der Waals surface area contributed by atoms with Crippen LogP contribution in [0, 0.1) is 0 Å². The van der Waals surface area contributed by atoms with Crippen molar-refractivity contribution in [3.63, 3.8) is 0 Å². The van der Waals surface area contributed by atoms with Gasteiger partial charge in [0.25, 0.3) is 0 Å². The number of rotatable bonds is 3. The van der Waals surface area contributed by atoms with E-state index in [1.54, 1.807) is 0 Å². The molecule has 0 radical (unpaired) electrons. The molecule has 0 bridgehead atoms. The highest BCUT2D eigenvalue weighted by atomic mass is 19.4. The molecule has 1 saturated heterocycles. The molecule has 1 fully saturated rings. The van der Waals surface area contributed by atoms with Crippen LogP contribution in [0.2, 0.25) is 0 Å². The highest BCUT2D eigenvalue weighted by Gasteiger charge is 2.38. The molecule has 1 N–H and O–H groups in total. The molecule has 1 aromatic heterocycles. The van der Waals surface area contributed by atoms with Crippen LogP contribution in [0.3, 0.4) is 0 Å². The summed E-state index contributed by atoms with van der Waals surface area (Å²) in [6.07, 6.45) is -0.366. The van der Waals surface area contributed by atoms with E-state index in [1.807, 2.05) is 11.8 Å². The van der Waals surface area contributed by atoms with Crippen molar-refractivity contribution < 1.29 is 18.3 Å². The summed E-state index contributed by atoms with van der Waals surface area (Å²) in [4.78, 5) is 1.95. The molecule has 2 unspecified atom stereocenters. The third-order valence-corrected chi connectivity index (χ3v) is 4.04. The van der Waals surface area contributed by atoms with Crippen molar-refractivity contribution >= 4 is 0 Å². The number of hydrogen-bond donors (Lipinski definition) is 1. The van der Waals surface area contributed by atoms with Crippen molar-refractivity contribution in [2.24, 2.45) is 7.05 Å². The van der Waals surface area contributed by atoms with Crippen molar-refractivity contribution in [1.29, 1.82) is 0 Å². The Kier molecular flexibility index (Phi) is 4.39. The fourth-order valence-corrected chi connectivity index (χ4v) is 2.98. The minimum atomic E-state index is -4.41. The number of aryl methyl sites for hydroxylation is 1. The SMILES string of the molecule is CC1CCCC(CO)N1Cc1cnn(C)c1C(F)(F)F. The normalized spacial score (nSPS) is 25.1. The summed E-state index contributed by atoms with van der Waals surface area (Å²) in [7, 11) is 1.30. The van der Waals surface area contributed by atoms with Crippen LogP contribution in [0.4, 0.5) is 13.2 Å². The van der Waals surface area contributed by atoms with Gasteiger partial charge in [0.1, 0.15) is 5.69 Å². The molecule has 2 rings (SSSR count). The van der Waals surface area contributed by atoms with Crippen molar-refractivity contribution in [3.8, 4) is 0 Å². The second-order valence-electron chi connectivity index (χ2n) is 5.43. The Morgan fingerprint density at radius 1 is 1.40 bits per heavy atom. The smallest absolute Gasteiger partial charge is 0.395 e. The predicted octanol–water partition coefficient (Wildman–Crippen LogP) is 2.17. The molecule has 1 aliphatic heterocycles. The number of halogens is 3. The number of piperidine rings is 1. The molecule has 1 aromatic rings. The fourth-order valence-electron chi connectivity index (χ4n) is 2.98. The van der Waals surface area contributed by atoms with Crippen LogP contribution in [-0.4, -0.2) is 38.5 Å². The Balaban J connectivity index is 2.25. The lowest BCUT2D eigenvalue weighted by Gasteiger charge is -2.39. The van der Waals surface area contributed by atoms with Gasteiger partial charge in [-0.05, 0) is 19.8 Å². The van der Waals surface area contributed by atoms with Gasteiger partial charge < -0.3 is 5.11 Å². The fraction of sp³-hybridized carbons (Fsp3) is 0.769. The van der Waals surface area contributed by atoms with E-state index in [-0.39, 0.29) is 30.8 Å². The lowest BCUT2D eigenvalue weighted by atomic mass is 9.96. The number of aliphatic hydroxyl groups excluding tert-OH is 1. The Morgan fingerprint density at radius 2 is 2.10 bits per heavy atom. The lowest BCUT2D eigenvalue weighted by Crippen LogP contribution is -2.46. The van der Waals surface area contributed by atoms with Gasteiger partial charge in [-0.3, -0.25) is 9.58 Å². The Hall–Kier alpha value is -1.08. The monoisotopic (exact) mass is 291 g/mol. The van der Waals surface area contributed by atoms with Gasteiger partial charge in [-0.1, -0.05) is 6.42 Å². The van der Waals surface area contributed by atoms with E-state index in [4.69, 9.17) is 0 Å². The van der Waals surface area contributed by atoms with Gasteiger partial charge in [-0.15, -0.1) is 0 Å². The molecule has 0 amide bonds. The molecule has 0 aromatic carbocycles. The van der Waals surface area contributed by atoms with Gasteiger partial charge in [-0.25, -0.2) is 0 Å². The summed E-state index contributed by atoms with van der Waals surface area (Å²) in [5.74, 6) is 0. The molecule has 7 heteroatoms. The summed E-state index contributed by atoms with van der Waals surface area (Å²) in [5, 5.41) is 13.1. The highest BCUT2D eigenvalue weighted by molar-refractivity contribution is 5.21.